The highest BCUT2D eigenvalue weighted by Crippen LogP contribution is 2.16. The first-order chi connectivity index (χ1) is 9.16. The van der Waals surface area contributed by atoms with E-state index in [1.807, 2.05) is 0 Å². The van der Waals surface area contributed by atoms with Crippen LogP contribution in [0.3, 0.4) is 0 Å². The summed E-state index contributed by atoms with van der Waals surface area (Å²) in [6.07, 6.45) is 2.76. The molecule has 1 atom stereocenters. The molecule has 0 aromatic rings. The van der Waals surface area contributed by atoms with Crippen LogP contribution in [-0.4, -0.2) is 59.7 Å². The minimum absolute atomic E-state index is 0.151. The van der Waals surface area contributed by atoms with Crippen LogP contribution in [0.15, 0.2) is 0 Å². The number of rotatable bonds is 6. The molecule has 6 nitrogen and oxygen atoms in total. The first-order valence-corrected chi connectivity index (χ1v) is 8.68. The van der Waals surface area contributed by atoms with Gasteiger partial charge in [0.15, 0.2) is 0 Å². The molecule has 0 spiro atoms. The third kappa shape index (κ3) is 5.74. The summed E-state index contributed by atoms with van der Waals surface area (Å²) in [4.78, 5) is 0. The van der Waals surface area contributed by atoms with Crippen molar-refractivity contribution in [1.29, 1.82) is 0 Å². The van der Waals surface area contributed by atoms with E-state index >= 15 is 0 Å². The van der Waals surface area contributed by atoms with E-state index in [0.29, 0.717) is 32.3 Å². The normalized spacial score (nSPS) is 26.4. The Labute approximate surface area is 115 Å². The summed E-state index contributed by atoms with van der Waals surface area (Å²) in [5, 5.41) is 3.28. The van der Waals surface area contributed by atoms with Gasteiger partial charge in [-0.2, -0.15) is 0 Å². The van der Waals surface area contributed by atoms with Crippen LogP contribution in [0.5, 0.6) is 0 Å². The number of hydrogen-bond donors (Lipinski definition) is 2. The molecule has 2 fully saturated rings. The van der Waals surface area contributed by atoms with E-state index in [1.165, 1.54) is 0 Å². The van der Waals surface area contributed by atoms with Crippen molar-refractivity contribution in [2.75, 3.05) is 45.2 Å². The Bertz CT molecular complexity index is 321. The van der Waals surface area contributed by atoms with Crippen LogP contribution in [-0.2, 0) is 19.5 Å². The van der Waals surface area contributed by atoms with Crippen LogP contribution < -0.4 is 10.0 Å². The van der Waals surface area contributed by atoms with Crippen LogP contribution in [0, 0.1) is 5.92 Å². The summed E-state index contributed by atoms with van der Waals surface area (Å²) >= 11 is 0. The highest BCUT2D eigenvalue weighted by Gasteiger charge is 2.20. The van der Waals surface area contributed by atoms with E-state index in [2.05, 4.69) is 10.0 Å². The molecule has 0 radical (unpaired) electrons. The van der Waals surface area contributed by atoms with Gasteiger partial charge in [-0.15, -0.1) is 0 Å². The second-order valence-electron chi connectivity index (χ2n) is 5.22. The molecule has 0 saturated carbocycles. The topological polar surface area (TPSA) is 76.7 Å². The third-order valence-electron chi connectivity index (χ3n) is 3.67. The number of nitrogens with one attached hydrogen (secondary N) is 2. The Morgan fingerprint density at radius 2 is 2.00 bits per heavy atom. The molecular formula is C12H24N2O4S. The maximum Gasteiger partial charge on any atom is 0.211 e. The second kappa shape index (κ2) is 7.54. The number of piperidine rings is 1. The zero-order valence-electron chi connectivity index (χ0n) is 11.3. The standard InChI is InChI=1S/C12H24N2O4S/c15-19(16,8-3-11-1-4-13-5-2-11)14-9-12-10-17-6-7-18-12/h11-14H,1-10H2. The number of hydrogen-bond acceptors (Lipinski definition) is 5. The second-order valence-corrected chi connectivity index (χ2v) is 7.14. The first kappa shape index (κ1) is 15.2. The first-order valence-electron chi connectivity index (χ1n) is 7.03. The molecule has 2 N–H and O–H groups in total. The molecule has 1 unspecified atom stereocenters. The maximum absolute atomic E-state index is 11.9. The van der Waals surface area contributed by atoms with Crippen LogP contribution in [0.1, 0.15) is 19.3 Å². The highest BCUT2D eigenvalue weighted by atomic mass is 32.2. The smallest absolute Gasteiger partial charge is 0.211 e. The van der Waals surface area contributed by atoms with Gasteiger partial charge in [-0.3, -0.25) is 0 Å². The van der Waals surface area contributed by atoms with Crippen molar-refractivity contribution in [1.82, 2.24) is 10.0 Å². The summed E-state index contributed by atoms with van der Waals surface area (Å²) in [5.74, 6) is 0.748. The van der Waals surface area contributed by atoms with Crippen LogP contribution in [0.2, 0.25) is 0 Å². The average molecular weight is 292 g/mol. The molecule has 2 saturated heterocycles. The molecular weight excluding hydrogens is 268 g/mol. The summed E-state index contributed by atoms with van der Waals surface area (Å²) < 4.78 is 37.0. The van der Waals surface area contributed by atoms with Crippen LogP contribution in [0.25, 0.3) is 0 Å². The van der Waals surface area contributed by atoms with E-state index in [4.69, 9.17) is 9.47 Å². The lowest BCUT2D eigenvalue weighted by molar-refractivity contribution is -0.0846. The van der Waals surface area contributed by atoms with Crippen molar-refractivity contribution in [2.24, 2.45) is 5.92 Å². The minimum Gasteiger partial charge on any atom is -0.376 e. The summed E-state index contributed by atoms with van der Waals surface area (Å²) in [5.41, 5.74) is 0. The molecule has 2 heterocycles. The fourth-order valence-corrected chi connectivity index (χ4v) is 3.67. The SMILES string of the molecule is O=S(=O)(CCC1CCNCC1)NCC1COCCO1. The minimum atomic E-state index is -3.19. The molecule has 112 valence electrons. The molecule has 2 rings (SSSR count). The molecule has 0 bridgehead atoms. The van der Waals surface area contributed by atoms with Gasteiger partial charge in [0.05, 0.1) is 31.7 Å². The molecule has 19 heavy (non-hydrogen) atoms. The summed E-state index contributed by atoms with van der Waals surface area (Å²) in [7, 11) is -3.19. The van der Waals surface area contributed by atoms with Gasteiger partial charge in [0.2, 0.25) is 10.0 Å². The molecule has 2 aliphatic heterocycles. The van der Waals surface area contributed by atoms with Gasteiger partial charge in [-0.05, 0) is 38.3 Å². The van der Waals surface area contributed by atoms with Gasteiger partial charge in [0.25, 0.3) is 0 Å². The molecule has 0 aromatic carbocycles. The average Bonchev–Trinajstić information content (AvgIpc) is 2.46. The predicted octanol–water partition coefficient (Wildman–Crippen LogP) is -0.289. The Balaban J connectivity index is 1.65. The monoisotopic (exact) mass is 292 g/mol. The molecule has 2 aliphatic rings. The van der Waals surface area contributed by atoms with E-state index in [0.717, 1.165) is 32.4 Å². The van der Waals surface area contributed by atoms with E-state index in [1.54, 1.807) is 0 Å². The molecule has 0 aliphatic carbocycles. The summed E-state index contributed by atoms with van der Waals surface area (Å²) in [6.45, 7) is 3.93. The van der Waals surface area contributed by atoms with Gasteiger partial charge < -0.3 is 14.8 Å². The Kier molecular flexibility index (Phi) is 6.03. The zero-order valence-corrected chi connectivity index (χ0v) is 12.1. The van der Waals surface area contributed by atoms with Gasteiger partial charge in [0.1, 0.15) is 0 Å². The van der Waals surface area contributed by atoms with Crippen molar-refractivity contribution in [3.05, 3.63) is 0 Å². The van der Waals surface area contributed by atoms with Gasteiger partial charge in [-0.25, -0.2) is 13.1 Å². The van der Waals surface area contributed by atoms with Crippen molar-refractivity contribution in [2.45, 2.75) is 25.4 Å². The number of ether oxygens (including phenoxy) is 2. The lowest BCUT2D eigenvalue weighted by Gasteiger charge is -2.24. The fraction of sp³-hybridized carbons (Fsp3) is 1.00. The third-order valence-corrected chi connectivity index (χ3v) is 5.05. The van der Waals surface area contributed by atoms with E-state index in [9.17, 15) is 8.42 Å². The Morgan fingerprint density at radius 1 is 1.21 bits per heavy atom. The van der Waals surface area contributed by atoms with Crippen molar-refractivity contribution < 1.29 is 17.9 Å². The van der Waals surface area contributed by atoms with Crippen molar-refractivity contribution in [3.8, 4) is 0 Å². The van der Waals surface area contributed by atoms with Crippen molar-refractivity contribution >= 4 is 10.0 Å². The predicted molar refractivity (Wildman–Crippen MR) is 72.6 cm³/mol. The molecule has 0 aromatic heterocycles. The Hall–Kier alpha value is -0.210. The lowest BCUT2D eigenvalue weighted by atomic mass is 9.96. The quantitative estimate of drug-likeness (QED) is 0.703. The fourth-order valence-electron chi connectivity index (χ4n) is 2.44. The highest BCUT2D eigenvalue weighted by molar-refractivity contribution is 7.89. The van der Waals surface area contributed by atoms with E-state index < -0.39 is 10.0 Å². The summed E-state index contributed by atoms with van der Waals surface area (Å²) in [6, 6.07) is 0. The van der Waals surface area contributed by atoms with E-state index in [-0.39, 0.29) is 11.9 Å². The maximum atomic E-state index is 11.9. The largest absolute Gasteiger partial charge is 0.376 e. The molecule has 7 heteroatoms. The Morgan fingerprint density at radius 3 is 2.68 bits per heavy atom. The van der Waals surface area contributed by atoms with Crippen molar-refractivity contribution in [3.63, 3.8) is 0 Å². The van der Waals surface area contributed by atoms with Gasteiger partial charge >= 0.3 is 0 Å². The van der Waals surface area contributed by atoms with Crippen LogP contribution >= 0.6 is 0 Å². The lowest BCUT2D eigenvalue weighted by Crippen LogP contribution is -2.40. The van der Waals surface area contributed by atoms with Gasteiger partial charge in [0, 0.05) is 6.54 Å². The van der Waals surface area contributed by atoms with Gasteiger partial charge in [-0.1, -0.05) is 0 Å². The zero-order chi connectivity index (χ0) is 13.6. The van der Waals surface area contributed by atoms with Crippen LogP contribution in [0.4, 0.5) is 0 Å². The number of sulfonamides is 1. The molecule has 0 amide bonds.